The van der Waals surface area contributed by atoms with Crippen LogP contribution in [0.2, 0.25) is 0 Å². The zero-order valence-electron chi connectivity index (χ0n) is 20.8. The third-order valence-electron chi connectivity index (χ3n) is 6.48. The highest BCUT2D eigenvalue weighted by atomic mass is 15.2. The normalized spacial score (nSPS) is 13.0. The highest BCUT2D eigenvalue weighted by molar-refractivity contribution is 5.60. The molecule has 0 heterocycles. The molecule has 0 aliphatic heterocycles. The second-order valence-corrected chi connectivity index (χ2v) is 8.99. The van der Waals surface area contributed by atoms with Crippen molar-refractivity contribution in [2.45, 2.75) is 12.1 Å². The predicted octanol–water partition coefficient (Wildman–Crippen LogP) is 9.40. The van der Waals surface area contributed by atoms with Crippen molar-refractivity contribution in [3.8, 4) is 0 Å². The quantitative estimate of drug-likeness (QED) is 0.204. The van der Waals surface area contributed by atoms with E-state index in [-0.39, 0.29) is 12.1 Å². The molecule has 0 fully saturated rings. The lowest BCUT2D eigenvalue weighted by Gasteiger charge is -2.38. The Labute approximate surface area is 220 Å². The Hall–Kier alpha value is -4.62. The molecule has 0 saturated heterocycles. The minimum atomic E-state index is 0.00874. The second kappa shape index (κ2) is 12.4. The van der Waals surface area contributed by atoms with Gasteiger partial charge in [-0.1, -0.05) is 164 Å². The highest BCUT2D eigenvalue weighted by Gasteiger charge is 2.26. The largest absolute Gasteiger partial charge is 0.350 e. The molecule has 0 spiro atoms. The van der Waals surface area contributed by atoms with Crippen LogP contribution >= 0.6 is 0 Å². The lowest BCUT2D eigenvalue weighted by Crippen LogP contribution is -2.31. The molecule has 1 heteroatoms. The highest BCUT2D eigenvalue weighted by Crippen LogP contribution is 2.38. The summed E-state index contributed by atoms with van der Waals surface area (Å²) in [5, 5.41) is 0. The van der Waals surface area contributed by atoms with Gasteiger partial charge in [0.05, 0.1) is 12.1 Å². The van der Waals surface area contributed by atoms with E-state index in [0.717, 1.165) is 0 Å². The van der Waals surface area contributed by atoms with Crippen molar-refractivity contribution in [1.82, 2.24) is 0 Å². The summed E-state index contributed by atoms with van der Waals surface area (Å²) in [4.78, 5) is 2.52. The molecule has 0 saturated carbocycles. The van der Waals surface area contributed by atoms with Gasteiger partial charge < -0.3 is 4.90 Å². The van der Waals surface area contributed by atoms with E-state index >= 15 is 0 Å². The Balaban J connectivity index is 1.67. The minimum absolute atomic E-state index is 0.00874. The number of para-hydroxylation sites is 1. The molecule has 1 nitrogen and oxygen atoms in total. The summed E-state index contributed by atoms with van der Waals surface area (Å²) in [6.45, 7) is 0. The van der Waals surface area contributed by atoms with Crippen LogP contribution < -0.4 is 4.90 Å². The van der Waals surface area contributed by atoms with Gasteiger partial charge >= 0.3 is 0 Å². The zero-order chi connectivity index (χ0) is 25.1. The summed E-state index contributed by atoms with van der Waals surface area (Å²) in [7, 11) is 0. The SMILES string of the molecule is C(=C\C(c1ccccc1)N(c1ccccc1)C(/C=C/c1ccccc1)c1ccccc1)/c1ccccc1. The van der Waals surface area contributed by atoms with Crippen LogP contribution in [0.15, 0.2) is 164 Å². The van der Waals surface area contributed by atoms with Crippen molar-refractivity contribution in [1.29, 1.82) is 0 Å². The van der Waals surface area contributed by atoms with Crippen LogP contribution in [-0.2, 0) is 0 Å². The molecule has 37 heavy (non-hydrogen) atoms. The maximum atomic E-state index is 2.52. The van der Waals surface area contributed by atoms with Gasteiger partial charge in [0.2, 0.25) is 0 Å². The van der Waals surface area contributed by atoms with Crippen molar-refractivity contribution in [3.05, 3.63) is 186 Å². The molecule has 0 aliphatic carbocycles. The number of rotatable bonds is 9. The van der Waals surface area contributed by atoms with Crippen LogP contribution in [0.3, 0.4) is 0 Å². The minimum Gasteiger partial charge on any atom is -0.350 e. The van der Waals surface area contributed by atoms with E-state index < -0.39 is 0 Å². The first-order valence-electron chi connectivity index (χ1n) is 12.8. The number of nitrogens with zero attached hydrogens (tertiary/aromatic N) is 1. The van der Waals surface area contributed by atoms with Gasteiger partial charge in [-0.3, -0.25) is 0 Å². The molecule has 0 amide bonds. The van der Waals surface area contributed by atoms with Gasteiger partial charge in [-0.05, 0) is 34.4 Å². The Bertz CT molecular complexity index is 1300. The molecule has 0 bridgehead atoms. The van der Waals surface area contributed by atoms with Crippen LogP contribution in [0.5, 0.6) is 0 Å². The maximum absolute atomic E-state index is 2.52. The van der Waals surface area contributed by atoms with Crippen LogP contribution in [-0.4, -0.2) is 0 Å². The summed E-state index contributed by atoms with van der Waals surface area (Å²) in [6, 6.07) is 53.3. The molecule has 0 N–H and O–H groups in total. The monoisotopic (exact) mass is 477 g/mol. The van der Waals surface area contributed by atoms with Gasteiger partial charge in [0.15, 0.2) is 0 Å². The number of benzene rings is 5. The maximum Gasteiger partial charge on any atom is 0.0739 e. The second-order valence-electron chi connectivity index (χ2n) is 8.99. The Morgan fingerprint density at radius 3 is 1.08 bits per heavy atom. The van der Waals surface area contributed by atoms with E-state index in [2.05, 4.69) is 181 Å². The fourth-order valence-electron chi connectivity index (χ4n) is 4.66. The lowest BCUT2D eigenvalue weighted by atomic mass is 9.96. The molecule has 180 valence electrons. The first-order chi connectivity index (χ1) is 18.4. The summed E-state index contributed by atoms with van der Waals surface area (Å²) in [5.41, 5.74) is 6.03. The molecule has 5 rings (SSSR count). The molecule has 0 aliphatic rings. The topological polar surface area (TPSA) is 3.24 Å². The van der Waals surface area contributed by atoms with E-state index in [4.69, 9.17) is 0 Å². The van der Waals surface area contributed by atoms with Gasteiger partial charge in [-0.15, -0.1) is 0 Å². The number of hydrogen-bond donors (Lipinski definition) is 0. The third kappa shape index (κ3) is 6.34. The molecule has 5 aromatic rings. The summed E-state index contributed by atoms with van der Waals surface area (Å²) in [5.74, 6) is 0. The van der Waals surface area contributed by atoms with Gasteiger partial charge in [-0.2, -0.15) is 0 Å². The summed E-state index contributed by atoms with van der Waals surface area (Å²) >= 11 is 0. The zero-order valence-corrected chi connectivity index (χ0v) is 20.8. The van der Waals surface area contributed by atoms with Gasteiger partial charge in [0.25, 0.3) is 0 Å². The Morgan fingerprint density at radius 1 is 0.378 bits per heavy atom. The Morgan fingerprint density at radius 2 is 0.703 bits per heavy atom. The van der Waals surface area contributed by atoms with Crippen LogP contribution in [0.25, 0.3) is 12.2 Å². The van der Waals surface area contributed by atoms with Gasteiger partial charge in [0.1, 0.15) is 0 Å². The van der Waals surface area contributed by atoms with Crippen molar-refractivity contribution in [2.24, 2.45) is 0 Å². The number of hydrogen-bond acceptors (Lipinski definition) is 1. The van der Waals surface area contributed by atoms with E-state index in [0.29, 0.717) is 0 Å². The van der Waals surface area contributed by atoms with Crippen LogP contribution in [0, 0.1) is 0 Å². The van der Waals surface area contributed by atoms with Gasteiger partial charge in [-0.25, -0.2) is 0 Å². The average molecular weight is 478 g/mol. The summed E-state index contributed by atoms with van der Waals surface area (Å²) < 4.78 is 0. The molecule has 2 atom stereocenters. The van der Waals surface area contributed by atoms with Crippen molar-refractivity contribution in [2.75, 3.05) is 4.90 Å². The third-order valence-corrected chi connectivity index (χ3v) is 6.48. The molecular weight excluding hydrogens is 446 g/mol. The number of anilines is 1. The first kappa shape index (κ1) is 24.1. The Kier molecular flexibility index (Phi) is 8.06. The smallest absolute Gasteiger partial charge is 0.0739 e. The van der Waals surface area contributed by atoms with Crippen LogP contribution in [0.1, 0.15) is 34.3 Å². The van der Waals surface area contributed by atoms with Gasteiger partial charge in [0, 0.05) is 5.69 Å². The van der Waals surface area contributed by atoms with E-state index in [1.165, 1.54) is 27.9 Å². The first-order valence-corrected chi connectivity index (χ1v) is 12.8. The molecule has 2 unspecified atom stereocenters. The van der Waals surface area contributed by atoms with E-state index in [1.54, 1.807) is 0 Å². The molecule has 0 radical (unpaired) electrons. The van der Waals surface area contributed by atoms with E-state index in [9.17, 15) is 0 Å². The van der Waals surface area contributed by atoms with Crippen LogP contribution in [0.4, 0.5) is 5.69 Å². The fourth-order valence-corrected chi connectivity index (χ4v) is 4.66. The molecular formula is C36H31N. The standard InChI is InChI=1S/C36H31N/c1-6-16-30(17-7-1)26-28-35(32-20-10-3-11-21-32)37(34-24-14-5-15-25-34)36(33-22-12-4-13-23-33)29-27-31-18-8-2-9-19-31/h1-29,35-36H/b28-26+,29-27+. The lowest BCUT2D eigenvalue weighted by molar-refractivity contribution is 0.665. The van der Waals surface area contributed by atoms with Crippen molar-refractivity contribution in [3.63, 3.8) is 0 Å². The van der Waals surface area contributed by atoms with Crippen molar-refractivity contribution >= 4 is 17.8 Å². The summed E-state index contributed by atoms with van der Waals surface area (Å²) in [6.07, 6.45) is 9.11. The molecule has 0 aromatic heterocycles. The molecule has 5 aromatic carbocycles. The average Bonchev–Trinajstić information content (AvgIpc) is 2.99. The fraction of sp³-hybridized carbons (Fsp3) is 0.0556. The predicted molar refractivity (Wildman–Crippen MR) is 158 cm³/mol. The van der Waals surface area contributed by atoms with E-state index in [1.807, 2.05) is 0 Å². The van der Waals surface area contributed by atoms with Crippen molar-refractivity contribution < 1.29 is 0 Å².